The van der Waals surface area contributed by atoms with E-state index in [4.69, 9.17) is 5.73 Å². The van der Waals surface area contributed by atoms with Crippen molar-refractivity contribution in [3.05, 3.63) is 35.6 Å². The molecule has 1 aliphatic rings. The normalized spacial score (nSPS) is 17.5. The van der Waals surface area contributed by atoms with Gasteiger partial charge >= 0.3 is 0 Å². The van der Waals surface area contributed by atoms with Crippen LogP contribution in [0.5, 0.6) is 0 Å². The van der Waals surface area contributed by atoms with Crippen LogP contribution in [0.4, 0.5) is 4.39 Å². The third-order valence-electron chi connectivity index (χ3n) is 3.61. The monoisotopic (exact) mass is 263 g/mol. The molecule has 0 aromatic heterocycles. The Hall–Kier alpha value is -1.58. The topological polar surface area (TPSA) is 41.6 Å². The van der Waals surface area contributed by atoms with Crippen molar-refractivity contribution in [2.45, 2.75) is 44.7 Å². The van der Waals surface area contributed by atoms with Crippen LogP contribution in [0.2, 0.25) is 0 Å². The zero-order valence-electron chi connectivity index (χ0n) is 11.5. The quantitative estimate of drug-likeness (QED) is 0.673. The molecule has 0 heterocycles. The van der Waals surface area contributed by atoms with Crippen LogP contribution in [-0.2, 0) is 6.54 Å². The Morgan fingerprint density at radius 3 is 2.53 bits per heavy atom. The number of nitrogens with zero attached hydrogens (tertiary/aromatic N) is 2. The SMILES string of the molecule is CN(Cc1ccc(F)cc1)C(N)=NC1CCCCC1. The average molecular weight is 263 g/mol. The lowest BCUT2D eigenvalue weighted by atomic mass is 9.96. The lowest BCUT2D eigenvalue weighted by Gasteiger charge is -2.22. The standard InChI is InChI=1S/C15H22FN3/c1-19(11-12-7-9-13(16)10-8-12)15(17)18-14-5-3-2-4-6-14/h7-10,14H,2-6,11H2,1H3,(H2,17,18). The molecule has 104 valence electrons. The molecular formula is C15H22FN3. The molecule has 2 rings (SSSR count). The van der Waals surface area contributed by atoms with Crippen molar-refractivity contribution < 1.29 is 4.39 Å². The van der Waals surface area contributed by atoms with Gasteiger partial charge in [0.1, 0.15) is 5.82 Å². The van der Waals surface area contributed by atoms with Gasteiger partial charge in [-0.05, 0) is 30.5 Å². The molecule has 0 amide bonds. The zero-order chi connectivity index (χ0) is 13.7. The molecule has 1 aliphatic carbocycles. The van der Waals surface area contributed by atoms with E-state index in [0.717, 1.165) is 18.4 Å². The minimum absolute atomic E-state index is 0.213. The van der Waals surface area contributed by atoms with Crippen molar-refractivity contribution in [3.8, 4) is 0 Å². The summed E-state index contributed by atoms with van der Waals surface area (Å²) in [6.07, 6.45) is 6.11. The summed E-state index contributed by atoms with van der Waals surface area (Å²) < 4.78 is 12.8. The third kappa shape index (κ3) is 4.23. The Morgan fingerprint density at radius 1 is 1.26 bits per heavy atom. The van der Waals surface area contributed by atoms with Crippen LogP contribution >= 0.6 is 0 Å². The van der Waals surface area contributed by atoms with E-state index in [2.05, 4.69) is 4.99 Å². The van der Waals surface area contributed by atoms with Crippen molar-refractivity contribution in [1.29, 1.82) is 0 Å². The fourth-order valence-electron chi connectivity index (χ4n) is 2.44. The van der Waals surface area contributed by atoms with Crippen molar-refractivity contribution in [2.24, 2.45) is 10.7 Å². The smallest absolute Gasteiger partial charge is 0.191 e. The summed E-state index contributed by atoms with van der Waals surface area (Å²) in [6.45, 7) is 0.655. The van der Waals surface area contributed by atoms with Crippen LogP contribution in [0.3, 0.4) is 0 Å². The van der Waals surface area contributed by atoms with E-state index < -0.39 is 0 Å². The summed E-state index contributed by atoms with van der Waals surface area (Å²) >= 11 is 0. The third-order valence-corrected chi connectivity index (χ3v) is 3.61. The number of halogens is 1. The Balaban J connectivity index is 1.92. The Morgan fingerprint density at radius 2 is 1.89 bits per heavy atom. The first kappa shape index (κ1) is 13.8. The van der Waals surface area contributed by atoms with Crippen LogP contribution in [0, 0.1) is 5.82 Å². The Bertz CT molecular complexity index is 422. The predicted octanol–water partition coefficient (Wildman–Crippen LogP) is 2.90. The Kier molecular flexibility index (Phi) is 4.77. The highest BCUT2D eigenvalue weighted by atomic mass is 19.1. The first-order valence-corrected chi connectivity index (χ1v) is 6.94. The molecule has 2 N–H and O–H groups in total. The molecule has 4 heteroatoms. The maximum Gasteiger partial charge on any atom is 0.191 e. The molecule has 19 heavy (non-hydrogen) atoms. The number of guanidine groups is 1. The first-order chi connectivity index (χ1) is 9.15. The van der Waals surface area contributed by atoms with Gasteiger partial charge in [-0.1, -0.05) is 31.4 Å². The molecule has 0 spiro atoms. The summed E-state index contributed by atoms with van der Waals surface area (Å²) in [5, 5.41) is 0. The van der Waals surface area contributed by atoms with E-state index in [9.17, 15) is 4.39 Å². The molecule has 0 radical (unpaired) electrons. The second-order valence-corrected chi connectivity index (χ2v) is 5.26. The van der Waals surface area contributed by atoms with Crippen molar-refractivity contribution in [1.82, 2.24) is 4.90 Å². The van der Waals surface area contributed by atoms with Crippen molar-refractivity contribution in [2.75, 3.05) is 7.05 Å². The van der Waals surface area contributed by atoms with Crippen molar-refractivity contribution in [3.63, 3.8) is 0 Å². The molecule has 1 saturated carbocycles. The van der Waals surface area contributed by atoms with E-state index in [0.29, 0.717) is 18.5 Å². The summed E-state index contributed by atoms with van der Waals surface area (Å²) in [7, 11) is 1.92. The first-order valence-electron chi connectivity index (χ1n) is 6.94. The van der Waals surface area contributed by atoms with E-state index in [-0.39, 0.29) is 5.82 Å². The minimum atomic E-state index is -0.213. The van der Waals surface area contributed by atoms with Gasteiger partial charge in [-0.25, -0.2) is 9.38 Å². The lowest BCUT2D eigenvalue weighted by molar-refractivity contribution is 0.428. The minimum Gasteiger partial charge on any atom is -0.370 e. The molecule has 0 bridgehead atoms. The van der Waals surface area contributed by atoms with Gasteiger partial charge in [0.25, 0.3) is 0 Å². The van der Waals surface area contributed by atoms with Gasteiger partial charge in [0.05, 0.1) is 6.04 Å². The molecule has 0 saturated heterocycles. The number of nitrogens with two attached hydrogens (primary N) is 1. The van der Waals surface area contributed by atoms with Gasteiger partial charge in [-0.2, -0.15) is 0 Å². The number of benzene rings is 1. The van der Waals surface area contributed by atoms with Gasteiger partial charge in [0.15, 0.2) is 5.96 Å². The van der Waals surface area contributed by atoms with E-state index in [1.165, 1.54) is 31.4 Å². The molecule has 0 unspecified atom stereocenters. The second kappa shape index (κ2) is 6.55. The van der Waals surface area contributed by atoms with E-state index in [1.54, 1.807) is 12.1 Å². The van der Waals surface area contributed by atoms with Crippen molar-refractivity contribution >= 4 is 5.96 Å². The zero-order valence-corrected chi connectivity index (χ0v) is 11.5. The lowest BCUT2D eigenvalue weighted by Crippen LogP contribution is -2.35. The summed E-state index contributed by atoms with van der Waals surface area (Å²) in [4.78, 5) is 6.51. The van der Waals surface area contributed by atoms with Crippen LogP contribution in [0.25, 0.3) is 0 Å². The average Bonchev–Trinajstić information content (AvgIpc) is 2.42. The molecule has 0 atom stereocenters. The van der Waals surface area contributed by atoms with Crippen LogP contribution in [-0.4, -0.2) is 23.9 Å². The van der Waals surface area contributed by atoms with Gasteiger partial charge in [0, 0.05) is 13.6 Å². The molecule has 1 aromatic rings. The van der Waals surface area contributed by atoms with Gasteiger partial charge in [-0.15, -0.1) is 0 Å². The maximum atomic E-state index is 12.8. The van der Waals surface area contributed by atoms with Gasteiger partial charge < -0.3 is 10.6 Å². The highest BCUT2D eigenvalue weighted by molar-refractivity contribution is 5.78. The van der Waals surface area contributed by atoms with Crippen LogP contribution in [0.1, 0.15) is 37.7 Å². The number of aliphatic imine (C=N–C) groups is 1. The van der Waals surface area contributed by atoms with E-state index >= 15 is 0 Å². The molecular weight excluding hydrogens is 241 g/mol. The second-order valence-electron chi connectivity index (χ2n) is 5.26. The fourth-order valence-corrected chi connectivity index (χ4v) is 2.44. The van der Waals surface area contributed by atoms with Gasteiger partial charge in [-0.3, -0.25) is 0 Å². The highest BCUT2D eigenvalue weighted by Crippen LogP contribution is 2.20. The highest BCUT2D eigenvalue weighted by Gasteiger charge is 2.13. The maximum absolute atomic E-state index is 12.8. The summed E-state index contributed by atoms with van der Waals surface area (Å²) in [6, 6.07) is 6.87. The summed E-state index contributed by atoms with van der Waals surface area (Å²) in [5.74, 6) is 0.367. The molecule has 1 fully saturated rings. The fraction of sp³-hybridized carbons (Fsp3) is 0.533. The molecule has 3 nitrogen and oxygen atoms in total. The predicted molar refractivity (Wildman–Crippen MR) is 76.4 cm³/mol. The van der Waals surface area contributed by atoms with Crippen LogP contribution < -0.4 is 5.73 Å². The Labute approximate surface area is 114 Å². The summed E-state index contributed by atoms with van der Waals surface area (Å²) in [5.41, 5.74) is 7.06. The number of hydrogen-bond acceptors (Lipinski definition) is 1. The van der Waals surface area contributed by atoms with E-state index in [1.807, 2.05) is 11.9 Å². The molecule has 0 aliphatic heterocycles. The van der Waals surface area contributed by atoms with Crippen LogP contribution in [0.15, 0.2) is 29.3 Å². The largest absolute Gasteiger partial charge is 0.370 e. The molecule has 1 aromatic carbocycles. The number of hydrogen-bond donors (Lipinski definition) is 1. The number of rotatable bonds is 3. The van der Waals surface area contributed by atoms with Gasteiger partial charge in [0.2, 0.25) is 0 Å².